The lowest BCUT2D eigenvalue weighted by Gasteiger charge is -2.11. The van der Waals surface area contributed by atoms with Crippen LogP contribution in [0, 0.1) is 0 Å². The predicted molar refractivity (Wildman–Crippen MR) is 112 cm³/mol. The molecule has 0 aromatic heterocycles. The summed E-state index contributed by atoms with van der Waals surface area (Å²) in [6.45, 7) is 2.03. The van der Waals surface area contributed by atoms with Crippen LogP contribution in [-0.4, -0.2) is 53.6 Å². The van der Waals surface area contributed by atoms with E-state index in [9.17, 15) is 23.4 Å². The highest BCUT2D eigenvalue weighted by Gasteiger charge is 2.06. The molecule has 4 N–H and O–H groups in total. The van der Waals surface area contributed by atoms with E-state index in [1.165, 1.54) is 18.9 Å². The molecule has 7 nitrogen and oxygen atoms in total. The van der Waals surface area contributed by atoms with Crippen LogP contribution in [0.15, 0.2) is 12.2 Å². The van der Waals surface area contributed by atoms with E-state index in [4.69, 9.17) is 4.55 Å². The smallest absolute Gasteiger partial charge is 0.266 e. The van der Waals surface area contributed by atoms with Gasteiger partial charge >= 0.3 is 0 Å². The summed E-state index contributed by atoms with van der Waals surface area (Å²) in [6.07, 6.45) is 13.5. The van der Waals surface area contributed by atoms with E-state index in [0.29, 0.717) is 12.8 Å². The lowest BCUT2D eigenvalue weighted by Crippen LogP contribution is -2.27. The number of carbonyl (C=O) groups excluding carboxylic acids is 1. The fourth-order valence-electron chi connectivity index (χ4n) is 2.88. The highest BCUT2D eigenvalue weighted by Crippen LogP contribution is 2.14. The van der Waals surface area contributed by atoms with Gasteiger partial charge in [0, 0.05) is 6.54 Å². The summed E-state index contributed by atoms with van der Waals surface area (Å²) in [5, 5.41) is 22.2. The van der Waals surface area contributed by atoms with Crippen LogP contribution in [0.1, 0.15) is 84.0 Å². The summed E-state index contributed by atoms with van der Waals surface area (Å²) in [5.74, 6) is -0.905. The zero-order chi connectivity index (χ0) is 21.3. The van der Waals surface area contributed by atoms with Crippen LogP contribution >= 0.6 is 0 Å². The van der Waals surface area contributed by atoms with Crippen LogP contribution in [0.3, 0.4) is 0 Å². The van der Waals surface area contributed by atoms with Gasteiger partial charge in [0.1, 0.15) is 0 Å². The fourth-order valence-corrected chi connectivity index (χ4v) is 3.24. The van der Waals surface area contributed by atoms with Gasteiger partial charge in [-0.25, -0.2) is 0 Å². The monoisotopic (exact) mass is 421 g/mol. The molecule has 0 aliphatic carbocycles. The largest absolute Gasteiger partial charge is 0.393 e. The molecule has 0 radical (unpaired) electrons. The Balaban J connectivity index is 3.56. The Bertz CT molecular complexity index is 521. The van der Waals surface area contributed by atoms with Crippen molar-refractivity contribution in [1.29, 1.82) is 0 Å². The van der Waals surface area contributed by atoms with Gasteiger partial charge in [-0.15, -0.1) is 0 Å². The van der Waals surface area contributed by atoms with Gasteiger partial charge in [0.05, 0.1) is 18.0 Å². The van der Waals surface area contributed by atoms with Gasteiger partial charge in [-0.2, -0.15) is 8.42 Å². The summed E-state index contributed by atoms with van der Waals surface area (Å²) in [7, 11) is -4.06. The molecule has 28 heavy (non-hydrogen) atoms. The summed E-state index contributed by atoms with van der Waals surface area (Å²) in [6, 6.07) is 0. The van der Waals surface area contributed by atoms with Gasteiger partial charge in [0.15, 0.2) is 0 Å². The lowest BCUT2D eigenvalue weighted by molar-refractivity contribution is -0.116. The second kappa shape index (κ2) is 16.9. The normalized spacial score (nSPS) is 14.3. The van der Waals surface area contributed by atoms with Gasteiger partial charge in [-0.1, -0.05) is 51.5 Å². The topological polar surface area (TPSA) is 124 Å². The fraction of sp³-hybridized carbons (Fsp3) is 0.850. The second-order valence-corrected chi connectivity index (χ2v) is 8.92. The minimum Gasteiger partial charge on any atom is -0.393 e. The first-order chi connectivity index (χ1) is 13.2. The molecule has 0 aromatic carbocycles. The molecule has 0 rings (SSSR count). The molecule has 0 spiro atoms. The van der Waals surface area contributed by atoms with Crippen LogP contribution < -0.4 is 5.32 Å². The number of aliphatic hydroxyl groups excluding tert-OH is 2. The number of allylic oxidation sites excluding steroid dienone is 1. The number of aliphatic hydroxyl groups is 2. The van der Waals surface area contributed by atoms with Crippen LogP contribution in [0.25, 0.3) is 0 Å². The average Bonchev–Trinajstić information content (AvgIpc) is 2.60. The Morgan fingerprint density at radius 1 is 0.929 bits per heavy atom. The average molecular weight is 422 g/mol. The van der Waals surface area contributed by atoms with Crippen LogP contribution in [0.4, 0.5) is 0 Å². The molecular formula is C20H39NO6S. The molecule has 2 atom stereocenters. The van der Waals surface area contributed by atoms with Crippen molar-refractivity contribution in [2.24, 2.45) is 0 Å². The van der Waals surface area contributed by atoms with Crippen molar-refractivity contribution in [2.75, 3.05) is 12.3 Å². The number of nitrogens with one attached hydrogen (secondary N) is 1. The minimum atomic E-state index is -4.06. The SMILES string of the molecule is CCCCCC(O)CCCCCC(O)CCCC=CC(=O)NCCS(=O)(=O)O. The second-order valence-electron chi connectivity index (χ2n) is 7.35. The van der Waals surface area contributed by atoms with Gasteiger partial charge < -0.3 is 15.5 Å². The van der Waals surface area contributed by atoms with Gasteiger partial charge in [-0.3, -0.25) is 9.35 Å². The van der Waals surface area contributed by atoms with E-state index in [-0.39, 0.29) is 18.8 Å². The summed E-state index contributed by atoms with van der Waals surface area (Å²) in [4.78, 5) is 11.4. The maximum Gasteiger partial charge on any atom is 0.266 e. The van der Waals surface area contributed by atoms with Crippen molar-refractivity contribution in [3.05, 3.63) is 12.2 Å². The molecule has 2 unspecified atom stereocenters. The van der Waals surface area contributed by atoms with Gasteiger partial charge in [0.2, 0.25) is 5.91 Å². The zero-order valence-corrected chi connectivity index (χ0v) is 18.0. The molecule has 0 saturated carbocycles. The number of rotatable bonds is 18. The molecular weight excluding hydrogens is 382 g/mol. The summed E-state index contributed by atoms with van der Waals surface area (Å²) < 4.78 is 29.6. The van der Waals surface area contributed by atoms with E-state index in [2.05, 4.69) is 12.2 Å². The van der Waals surface area contributed by atoms with Crippen molar-refractivity contribution in [3.63, 3.8) is 0 Å². The molecule has 0 aromatic rings. The predicted octanol–water partition coefficient (Wildman–Crippen LogP) is 2.97. The maximum absolute atomic E-state index is 11.4. The van der Waals surface area contributed by atoms with Crippen molar-refractivity contribution in [1.82, 2.24) is 5.32 Å². The molecule has 8 heteroatoms. The highest BCUT2D eigenvalue weighted by molar-refractivity contribution is 7.85. The van der Waals surface area contributed by atoms with E-state index < -0.39 is 21.8 Å². The number of hydrogen-bond acceptors (Lipinski definition) is 5. The lowest BCUT2D eigenvalue weighted by atomic mass is 10.0. The number of hydrogen-bond donors (Lipinski definition) is 4. The van der Waals surface area contributed by atoms with Crippen molar-refractivity contribution < 1.29 is 28.0 Å². The number of carbonyl (C=O) groups is 1. The van der Waals surface area contributed by atoms with Crippen LogP contribution in [0.5, 0.6) is 0 Å². The molecule has 0 saturated heterocycles. The van der Waals surface area contributed by atoms with Gasteiger partial charge in [0.25, 0.3) is 10.1 Å². The van der Waals surface area contributed by atoms with Crippen LogP contribution in [0.2, 0.25) is 0 Å². The third kappa shape index (κ3) is 19.8. The first-order valence-electron chi connectivity index (χ1n) is 10.5. The molecule has 1 amide bonds. The van der Waals surface area contributed by atoms with Crippen molar-refractivity contribution >= 4 is 16.0 Å². The van der Waals surface area contributed by atoms with Crippen molar-refractivity contribution in [2.45, 2.75) is 96.2 Å². The molecule has 0 fully saturated rings. The van der Waals surface area contributed by atoms with E-state index in [0.717, 1.165) is 51.4 Å². The zero-order valence-electron chi connectivity index (χ0n) is 17.2. The van der Waals surface area contributed by atoms with Crippen LogP contribution in [-0.2, 0) is 14.9 Å². The Morgan fingerprint density at radius 2 is 1.46 bits per heavy atom. The molecule has 0 aliphatic heterocycles. The molecule has 0 bridgehead atoms. The Morgan fingerprint density at radius 3 is 2.00 bits per heavy atom. The standard InChI is InChI=1S/C20H39NO6S/c1-2-3-6-11-18(22)12-7-4-8-13-19(23)14-9-5-10-15-20(24)21-16-17-28(25,26)27/h10,15,18-19,22-23H,2-9,11-14,16-17H2,1H3,(H,21,24)(H,25,26,27). The Labute approximate surface area is 170 Å². The molecule has 0 heterocycles. The first-order valence-corrected chi connectivity index (χ1v) is 12.1. The maximum atomic E-state index is 11.4. The third-order valence-electron chi connectivity index (χ3n) is 4.55. The minimum absolute atomic E-state index is 0.128. The summed E-state index contributed by atoms with van der Waals surface area (Å²) in [5.41, 5.74) is 0. The van der Waals surface area contributed by atoms with E-state index in [1.807, 2.05) is 0 Å². The quantitative estimate of drug-likeness (QED) is 0.153. The van der Waals surface area contributed by atoms with Crippen molar-refractivity contribution in [3.8, 4) is 0 Å². The van der Waals surface area contributed by atoms with E-state index in [1.54, 1.807) is 6.08 Å². The number of unbranched alkanes of at least 4 members (excludes halogenated alkanes) is 5. The summed E-state index contributed by atoms with van der Waals surface area (Å²) >= 11 is 0. The Hall–Kier alpha value is -0.960. The highest BCUT2D eigenvalue weighted by atomic mass is 32.2. The van der Waals surface area contributed by atoms with E-state index >= 15 is 0 Å². The first kappa shape index (κ1) is 27.0. The molecule has 166 valence electrons. The third-order valence-corrected chi connectivity index (χ3v) is 5.27. The Kier molecular flexibility index (Phi) is 16.4. The number of amides is 1. The molecule has 0 aliphatic rings. The van der Waals surface area contributed by atoms with Gasteiger partial charge in [-0.05, 0) is 44.6 Å².